The smallest absolute Gasteiger partial charge is 0.359 e. The molecular weight excluding hydrogens is 490 g/mol. The number of ether oxygens (including phenoxy) is 2. The van der Waals surface area contributed by atoms with E-state index in [2.05, 4.69) is 5.10 Å². The molecule has 0 saturated carbocycles. The van der Waals surface area contributed by atoms with Crippen LogP contribution >= 0.6 is 0 Å². The van der Waals surface area contributed by atoms with Crippen LogP contribution in [0.5, 0.6) is 0 Å². The van der Waals surface area contributed by atoms with Crippen LogP contribution in [0, 0.1) is 0 Å². The van der Waals surface area contributed by atoms with Crippen molar-refractivity contribution in [1.82, 2.24) is 4.57 Å². The van der Waals surface area contributed by atoms with Crippen molar-refractivity contribution >= 4 is 52.2 Å². The van der Waals surface area contributed by atoms with Gasteiger partial charge in [0.1, 0.15) is 6.04 Å². The Bertz CT molecular complexity index is 1510. The van der Waals surface area contributed by atoms with E-state index in [4.69, 9.17) is 14.6 Å². The largest absolute Gasteiger partial charge is 0.478 e. The lowest BCUT2D eigenvalue weighted by Gasteiger charge is -2.12. The number of benzene rings is 2. The maximum atomic E-state index is 13.2. The number of fused-ring (bicyclic) bond motifs is 1. The Balaban J connectivity index is 1.69. The average Bonchev–Trinajstić information content (AvgIpc) is 3.46. The van der Waals surface area contributed by atoms with Crippen LogP contribution in [0.15, 0.2) is 77.6 Å². The van der Waals surface area contributed by atoms with Crippen molar-refractivity contribution in [3.8, 4) is 0 Å². The number of rotatable bonds is 8. The number of aromatic nitrogens is 1. The molecule has 1 amide bonds. The number of carboxylic acid groups (broad SMARTS) is 1. The van der Waals surface area contributed by atoms with Gasteiger partial charge in [-0.3, -0.25) is 4.79 Å². The number of hydrogen-bond acceptors (Lipinski definition) is 7. The Morgan fingerprint density at radius 1 is 1.11 bits per heavy atom. The first-order valence-corrected chi connectivity index (χ1v) is 11.8. The van der Waals surface area contributed by atoms with E-state index in [1.807, 2.05) is 35.0 Å². The first-order valence-electron chi connectivity index (χ1n) is 11.8. The van der Waals surface area contributed by atoms with Crippen molar-refractivity contribution in [2.75, 3.05) is 18.7 Å². The van der Waals surface area contributed by atoms with E-state index in [0.29, 0.717) is 5.69 Å². The first kappa shape index (κ1) is 26.1. The highest BCUT2D eigenvalue weighted by Crippen LogP contribution is 2.28. The zero-order valence-corrected chi connectivity index (χ0v) is 21.0. The Hall–Kier alpha value is -4.99. The maximum absolute atomic E-state index is 13.2. The second-order valence-electron chi connectivity index (χ2n) is 8.29. The van der Waals surface area contributed by atoms with Crippen molar-refractivity contribution in [2.45, 2.75) is 19.9 Å². The van der Waals surface area contributed by atoms with E-state index >= 15 is 0 Å². The highest BCUT2D eigenvalue weighted by molar-refractivity contribution is 6.53. The Morgan fingerprint density at radius 3 is 2.47 bits per heavy atom. The van der Waals surface area contributed by atoms with Gasteiger partial charge in [0.15, 0.2) is 5.71 Å². The molecular formula is C28H25N3O7. The van der Waals surface area contributed by atoms with Crippen molar-refractivity contribution in [1.29, 1.82) is 0 Å². The van der Waals surface area contributed by atoms with Crippen LogP contribution in [0.25, 0.3) is 17.0 Å². The molecule has 0 spiro atoms. The van der Waals surface area contributed by atoms with Gasteiger partial charge >= 0.3 is 17.9 Å². The molecule has 0 radical (unpaired) electrons. The van der Waals surface area contributed by atoms with Crippen molar-refractivity contribution in [3.63, 3.8) is 0 Å². The fraction of sp³-hybridized carbons (Fsp3) is 0.179. The van der Waals surface area contributed by atoms with Crippen LogP contribution in [-0.2, 0) is 23.9 Å². The molecule has 1 aromatic heterocycles. The van der Waals surface area contributed by atoms with E-state index in [-0.39, 0.29) is 29.4 Å². The summed E-state index contributed by atoms with van der Waals surface area (Å²) in [5.41, 5.74) is 1.83. The number of carboxylic acids is 1. The van der Waals surface area contributed by atoms with Crippen molar-refractivity contribution in [2.24, 2.45) is 5.10 Å². The van der Waals surface area contributed by atoms with Gasteiger partial charge < -0.3 is 19.1 Å². The zero-order valence-electron chi connectivity index (χ0n) is 21.0. The van der Waals surface area contributed by atoms with Crippen LogP contribution in [0.2, 0.25) is 0 Å². The number of anilines is 1. The third-order valence-electron chi connectivity index (χ3n) is 5.98. The Morgan fingerprint density at radius 2 is 1.82 bits per heavy atom. The van der Waals surface area contributed by atoms with Gasteiger partial charge in [0.2, 0.25) is 0 Å². The quantitative estimate of drug-likeness (QED) is 0.355. The normalized spacial score (nSPS) is 15.2. The lowest BCUT2D eigenvalue weighted by atomic mass is 10.1. The molecule has 1 unspecified atom stereocenters. The molecule has 0 fully saturated rings. The molecule has 0 aliphatic carbocycles. The molecule has 10 heteroatoms. The number of carbonyl (C=O) groups excluding carboxylic acids is 3. The maximum Gasteiger partial charge on any atom is 0.359 e. The number of carbonyl (C=O) groups is 4. The highest BCUT2D eigenvalue weighted by atomic mass is 16.5. The van der Waals surface area contributed by atoms with Gasteiger partial charge in [-0.05, 0) is 50.3 Å². The number of methoxy groups -OCH3 is 1. The summed E-state index contributed by atoms with van der Waals surface area (Å²) in [6.07, 6.45) is 6.66. The summed E-state index contributed by atoms with van der Waals surface area (Å²) in [6, 6.07) is 12.6. The number of hydrazone groups is 1. The van der Waals surface area contributed by atoms with E-state index in [1.54, 1.807) is 26.0 Å². The fourth-order valence-corrected chi connectivity index (χ4v) is 4.05. The number of aromatic carboxylic acids is 1. The Labute approximate surface area is 218 Å². The molecule has 194 valence electrons. The lowest BCUT2D eigenvalue weighted by molar-refractivity contribution is -0.144. The summed E-state index contributed by atoms with van der Waals surface area (Å²) in [7, 11) is 1.34. The summed E-state index contributed by atoms with van der Waals surface area (Å²) in [6.45, 7) is 3.48. The molecule has 3 aromatic rings. The van der Waals surface area contributed by atoms with Crippen LogP contribution in [-0.4, -0.2) is 52.9 Å². The standard InChI is InChI=1S/C28H25N3O7/c1-4-38-28(36)24-22(25(32)31(29-24)20-14-12-18(13-15-20)26(33)34)10-7-8-19-16-30(17(2)27(35)37-3)23-11-6-5-9-21(19)23/h5-17H,4H2,1-3H3,(H,33,34)/b8-7+,22-10+. The number of esters is 2. The molecule has 1 aliphatic rings. The molecule has 0 saturated heterocycles. The minimum absolute atomic E-state index is 0.0219. The van der Waals surface area contributed by atoms with Crippen LogP contribution < -0.4 is 5.01 Å². The monoisotopic (exact) mass is 515 g/mol. The van der Waals surface area contributed by atoms with Gasteiger partial charge in [-0.2, -0.15) is 10.1 Å². The molecule has 1 atom stereocenters. The zero-order chi connectivity index (χ0) is 27.4. The molecule has 2 aromatic carbocycles. The van der Waals surface area contributed by atoms with E-state index in [9.17, 15) is 19.2 Å². The van der Waals surface area contributed by atoms with Crippen LogP contribution in [0.1, 0.15) is 35.8 Å². The van der Waals surface area contributed by atoms with Gasteiger partial charge in [0.05, 0.1) is 30.5 Å². The van der Waals surface area contributed by atoms with Crippen molar-refractivity contribution < 1.29 is 33.8 Å². The second-order valence-corrected chi connectivity index (χ2v) is 8.29. The summed E-state index contributed by atoms with van der Waals surface area (Å²) in [4.78, 5) is 49.1. The summed E-state index contributed by atoms with van der Waals surface area (Å²) < 4.78 is 11.8. The minimum Gasteiger partial charge on any atom is -0.478 e. The third-order valence-corrected chi connectivity index (χ3v) is 5.98. The molecule has 1 aliphatic heterocycles. The third kappa shape index (κ3) is 4.96. The summed E-state index contributed by atoms with van der Waals surface area (Å²) >= 11 is 0. The van der Waals surface area contributed by atoms with Crippen LogP contribution in [0.4, 0.5) is 5.69 Å². The van der Waals surface area contributed by atoms with Gasteiger partial charge in [-0.1, -0.05) is 30.4 Å². The second kappa shape index (κ2) is 11.0. The van der Waals surface area contributed by atoms with Crippen molar-refractivity contribution in [3.05, 3.63) is 83.6 Å². The fourth-order valence-electron chi connectivity index (χ4n) is 4.05. The molecule has 0 bridgehead atoms. The van der Waals surface area contributed by atoms with Gasteiger partial charge in [-0.15, -0.1) is 0 Å². The molecule has 38 heavy (non-hydrogen) atoms. The predicted octanol–water partition coefficient (Wildman–Crippen LogP) is 3.98. The summed E-state index contributed by atoms with van der Waals surface area (Å²) in [5.74, 6) is -2.81. The highest BCUT2D eigenvalue weighted by Gasteiger charge is 2.35. The molecule has 4 rings (SSSR count). The van der Waals surface area contributed by atoms with E-state index < -0.39 is 23.9 Å². The minimum atomic E-state index is -1.10. The topological polar surface area (TPSA) is 128 Å². The number of hydrogen-bond donors (Lipinski definition) is 1. The Kier molecular flexibility index (Phi) is 7.52. The molecule has 1 N–H and O–H groups in total. The van der Waals surface area contributed by atoms with Crippen LogP contribution in [0.3, 0.4) is 0 Å². The average molecular weight is 516 g/mol. The first-order chi connectivity index (χ1) is 18.3. The van der Waals surface area contributed by atoms with E-state index in [1.165, 1.54) is 37.5 Å². The number of allylic oxidation sites excluding steroid dienone is 2. The van der Waals surface area contributed by atoms with E-state index in [0.717, 1.165) is 21.5 Å². The lowest BCUT2D eigenvalue weighted by Crippen LogP contribution is -2.22. The molecule has 10 nitrogen and oxygen atoms in total. The summed E-state index contributed by atoms with van der Waals surface area (Å²) in [5, 5.41) is 15.2. The number of para-hydroxylation sites is 1. The van der Waals surface area contributed by atoms with Gasteiger partial charge in [-0.25, -0.2) is 14.4 Å². The number of amides is 1. The predicted molar refractivity (Wildman–Crippen MR) is 141 cm³/mol. The van der Waals surface area contributed by atoms with Gasteiger partial charge in [0.25, 0.3) is 5.91 Å². The van der Waals surface area contributed by atoms with Gasteiger partial charge in [0, 0.05) is 22.7 Å². The SMILES string of the molecule is CCOC(=O)C1=NN(c2ccc(C(=O)O)cc2)C(=O)/C1=C/C=C/c1cn(C(C)C(=O)OC)c2ccccc12. The molecule has 2 heterocycles. The number of nitrogens with zero attached hydrogens (tertiary/aromatic N) is 3.